The molecule has 0 saturated heterocycles. The van der Waals surface area contributed by atoms with Gasteiger partial charge in [-0.1, -0.05) is 31.5 Å². The Balaban J connectivity index is 2.13. The molecule has 3 aromatic rings. The number of aromatic nitrogens is 2. The normalized spacial score (nSPS) is 10.7. The van der Waals surface area contributed by atoms with Gasteiger partial charge in [0.15, 0.2) is 0 Å². The maximum absolute atomic E-state index is 11.1. The molecular formula is C23H26N2O4. The van der Waals surface area contributed by atoms with Gasteiger partial charge in [-0.3, -0.25) is 9.48 Å². The molecule has 0 aliphatic heterocycles. The highest BCUT2D eigenvalue weighted by atomic mass is 16.5. The van der Waals surface area contributed by atoms with Crippen molar-refractivity contribution in [3.8, 4) is 34.0 Å². The van der Waals surface area contributed by atoms with Crippen molar-refractivity contribution in [1.82, 2.24) is 9.78 Å². The quantitative estimate of drug-likeness (QED) is 0.571. The average molecular weight is 394 g/mol. The first-order valence-electron chi connectivity index (χ1n) is 9.67. The number of rotatable bonds is 9. The van der Waals surface area contributed by atoms with E-state index in [1.165, 1.54) is 0 Å². The monoisotopic (exact) mass is 394 g/mol. The highest BCUT2D eigenvalue weighted by Crippen LogP contribution is 2.36. The molecule has 6 heteroatoms. The zero-order valence-electron chi connectivity index (χ0n) is 17.0. The van der Waals surface area contributed by atoms with E-state index in [0.29, 0.717) is 11.3 Å². The first-order valence-corrected chi connectivity index (χ1v) is 9.67. The molecule has 29 heavy (non-hydrogen) atoms. The van der Waals surface area contributed by atoms with Crippen molar-refractivity contribution in [3.63, 3.8) is 0 Å². The van der Waals surface area contributed by atoms with Crippen LogP contribution < -0.4 is 9.47 Å². The molecule has 0 aliphatic carbocycles. The summed E-state index contributed by atoms with van der Waals surface area (Å²) in [5.41, 5.74) is 4.14. The Labute approximate surface area is 170 Å². The van der Waals surface area contributed by atoms with E-state index in [9.17, 15) is 4.79 Å². The zero-order valence-corrected chi connectivity index (χ0v) is 17.0. The SMILES string of the molecule is CCCCn1nc(-c2cc(CC(=O)O)ccc2OC)cc1-c1ccccc1OC. The third-order valence-corrected chi connectivity index (χ3v) is 4.78. The standard InChI is InChI=1S/C23H26N2O4/c1-4-5-12-25-20(17-8-6-7-9-21(17)28-2)15-19(24-25)18-13-16(14-23(26)27)10-11-22(18)29-3/h6-11,13,15H,4-5,12,14H2,1-3H3,(H,26,27). The van der Waals surface area contributed by atoms with Crippen LogP contribution in [0, 0.1) is 0 Å². The molecule has 0 saturated carbocycles. The van der Waals surface area contributed by atoms with E-state index in [0.717, 1.165) is 47.7 Å². The van der Waals surface area contributed by atoms with E-state index in [1.54, 1.807) is 26.4 Å². The number of aryl methyl sites for hydroxylation is 1. The molecule has 0 bridgehead atoms. The average Bonchev–Trinajstić information content (AvgIpc) is 3.15. The summed E-state index contributed by atoms with van der Waals surface area (Å²) in [5, 5.41) is 14.0. The predicted molar refractivity (Wildman–Crippen MR) is 112 cm³/mol. The minimum Gasteiger partial charge on any atom is -0.496 e. The summed E-state index contributed by atoms with van der Waals surface area (Å²) in [7, 11) is 3.26. The largest absolute Gasteiger partial charge is 0.496 e. The lowest BCUT2D eigenvalue weighted by molar-refractivity contribution is -0.136. The number of carboxylic acids is 1. The third kappa shape index (κ3) is 4.59. The first kappa shape index (κ1) is 20.5. The molecule has 0 atom stereocenters. The molecule has 2 aromatic carbocycles. The fraction of sp³-hybridized carbons (Fsp3) is 0.304. The second-order valence-electron chi connectivity index (χ2n) is 6.80. The maximum atomic E-state index is 11.1. The first-order chi connectivity index (χ1) is 14.1. The molecule has 0 unspecified atom stereocenters. The number of hydrogen-bond acceptors (Lipinski definition) is 4. The molecule has 0 aliphatic rings. The van der Waals surface area contributed by atoms with Crippen LogP contribution >= 0.6 is 0 Å². The van der Waals surface area contributed by atoms with Gasteiger partial charge in [0.1, 0.15) is 11.5 Å². The summed E-state index contributed by atoms with van der Waals surface area (Å²) in [5.74, 6) is 0.568. The third-order valence-electron chi connectivity index (χ3n) is 4.78. The summed E-state index contributed by atoms with van der Waals surface area (Å²) in [6, 6.07) is 15.3. The number of benzene rings is 2. The number of carboxylic acid groups (broad SMARTS) is 1. The summed E-state index contributed by atoms with van der Waals surface area (Å²) in [6.45, 7) is 2.92. The molecule has 0 spiro atoms. The minimum absolute atomic E-state index is 0.0487. The van der Waals surface area contributed by atoms with Crippen LogP contribution in [0.1, 0.15) is 25.3 Å². The Kier molecular flexibility index (Phi) is 6.54. The highest BCUT2D eigenvalue weighted by molar-refractivity contribution is 5.77. The van der Waals surface area contributed by atoms with Crippen molar-refractivity contribution in [2.24, 2.45) is 0 Å². The molecule has 0 radical (unpaired) electrons. The number of nitrogens with zero attached hydrogens (tertiary/aromatic N) is 2. The molecule has 152 valence electrons. The van der Waals surface area contributed by atoms with Crippen LogP contribution in [0.4, 0.5) is 0 Å². The van der Waals surface area contributed by atoms with Gasteiger partial charge in [0.25, 0.3) is 0 Å². The molecule has 3 rings (SSSR count). The lowest BCUT2D eigenvalue weighted by Crippen LogP contribution is -2.03. The summed E-state index contributed by atoms with van der Waals surface area (Å²) in [6.07, 6.45) is 2.00. The van der Waals surface area contributed by atoms with Crippen molar-refractivity contribution < 1.29 is 19.4 Å². The molecule has 0 fully saturated rings. The molecule has 1 aromatic heterocycles. The molecule has 1 N–H and O–H groups in total. The van der Waals surface area contributed by atoms with Crippen LogP contribution in [0.2, 0.25) is 0 Å². The number of para-hydroxylation sites is 1. The number of unbranched alkanes of at least 4 members (excludes halogenated alkanes) is 1. The van der Waals surface area contributed by atoms with E-state index in [4.69, 9.17) is 19.7 Å². The second kappa shape index (κ2) is 9.28. The van der Waals surface area contributed by atoms with Crippen LogP contribution in [0.25, 0.3) is 22.5 Å². The van der Waals surface area contributed by atoms with Gasteiger partial charge < -0.3 is 14.6 Å². The minimum atomic E-state index is -0.871. The van der Waals surface area contributed by atoms with Gasteiger partial charge >= 0.3 is 5.97 Å². The van der Waals surface area contributed by atoms with Gasteiger partial charge in [-0.15, -0.1) is 0 Å². The lowest BCUT2D eigenvalue weighted by atomic mass is 10.0. The van der Waals surface area contributed by atoms with Gasteiger partial charge in [-0.05, 0) is 42.3 Å². The van der Waals surface area contributed by atoms with E-state index in [-0.39, 0.29) is 6.42 Å². The molecule has 1 heterocycles. The Morgan fingerprint density at radius 1 is 1.03 bits per heavy atom. The number of methoxy groups -OCH3 is 2. The van der Waals surface area contributed by atoms with Crippen LogP contribution in [0.5, 0.6) is 11.5 Å². The van der Waals surface area contributed by atoms with Crippen LogP contribution in [-0.2, 0) is 17.8 Å². The van der Waals surface area contributed by atoms with Crippen LogP contribution in [0.3, 0.4) is 0 Å². The van der Waals surface area contributed by atoms with Crippen molar-refractivity contribution in [3.05, 3.63) is 54.1 Å². The van der Waals surface area contributed by atoms with Crippen molar-refractivity contribution >= 4 is 5.97 Å². The van der Waals surface area contributed by atoms with Crippen molar-refractivity contribution in [2.75, 3.05) is 14.2 Å². The van der Waals surface area contributed by atoms with Gasteiger partial charge in [0, 0.05) is 17.7 Å². The molecular weight excluding hydrogens is 368 g/mol. The van der Waals surface area contributed by atoms with Crippen LogP contribution in [-0.4, -0.2) is 35.1 Å². The van der Waals surface area contributed by atoms with E-state index >= 15 is 0 Å². The van der Waals surface area contributed by atoms with Gasteiger partial charge in [-0.25, -0.2) is 0 Å². The lowest BCUT2D eigenvalue weighted by Gasteiger charge is -2.10. The smallest absolute Gasteiger partial charge is 0.307 e. The fourth-order valence-corrected chi connectivity index (χ4v) is 3.34. The second-order valence-corrected chi connectivity index (χ2v) is 6.80. The topological polar surface area (TPSA) is 73.6 Å². The zero-order chi connectivity index (χ0) is 20.8. The highest BCUT2D eigenvalue weighted by Gasteiger charge is 2.18. The van der Waals surface area contributed by atoms with E-state index in [1.807, 2.05) is 41.1 Å². The summed E-state index contributed by atoms with van der Waals surface area (Å²) in [4.78, 5) is 11.1. The number of ether oxygens (including phenoxy) is 2. The summed E-state index contributed by atoms with van der Waals surface area (Å²) >= 11 is 0. The Morgan fingerprint density at radius 2 is 1.76 bits per heavy atom. The molecule has 0 amide bonds. The van der Waals surface area contributed by atoms with Gasteiger partial charge in [-0.2, -0.15) is 5.10 Å². The predicted octanol–water partition coefficient (Wildman–Crippen LogP) is 4.66. The van der Waals surface area contributed by atoms with Crippen LogP contribution in [0.15, 0.2) is 48.5 Å². The number of aliphatic carboxylic acids is 1. The van der Waals surface area contributed by atoms with E-state index in [2.05, 4.69) is 6.92 Å². The Hall–Kier alpha value is -3.28. The van der Waals surface area contributed by atoms with Gasteiger partial charge in [0.05, 0.1) is 32.0 Å². The maximum Gasteiger partial charge on any atom is 0.307 e. The number of hydrogen-bond donors (Lipinski definition) is 1. The van der Waals surface area contributed by atoms with Crippen molar-refractivity contribution in [1.29, 1.82) is 0 Å². The van der Waals surface area contributed by atoms with Gasteiger partial charge in [0.2, 0.25) is 0 Å². The fourth-order valence-electron chi connectivity index (χ4n) is 3.34. The Morgan fingerprint density at radius 3 is 2.45 bits per heavy atom. The summed E-state index contributed by atoms with van der Waals surface area (Å²) < 4.78 is 13.1. The number of carbonyl (C=O) groups is 1. The Bertz CT molecular complexity index is 994. The molecule has 6 nitrogen and oxygen atoms in total. The van der Waals surface area contributed by atoms with E-state index < -0.39 is 5.97 Å². The van der Waals surface area contributed by atoms with Crippen molar-refractivity contribution in [2.45, 2.75) is 32.7 Å².